The van der Waals surface area contributed by atoms with Crippen molar-refractivity contribution in [3.8, 4) is 17.2 Å². The number of rotatable bonds is 7. The molecule has 31 heavy (non-hydrogen) atoms. The van der Waals surface area contributed by atoms with E-state index < -0.39 is 0 Å². The molecule has 0 fully saturated rings. The third kappa shape index (κ3) is 5.03. The van der Waals surface area contributed by atoms with Gasteiger partial charge in [-0.05, 0) is 56.7 Å². The van der Waals surface area contributed by atoms with Gasteiger partial charge in [-0.1, -0.05) is 0 Å². The van der Waals surface area contributed by atoms with Gasteiger partial charge in [0.15, 0.2) is 0 Å². The van der Waals surface area contributed by atoms with E-state index in [4.69, 9.17) is 9.47 Å². The van der Waals surface area contributed by atoms with Crippen molar-refractivity contribution in [2.75, 3.05) is 25.5 Å². The molecule has 2 aromatic carbocycles. The van der Waals surface area contributed by atoms with E-state index in [9.17, 15) is 9.59 Å². The van der Waals surface area contributed by atoms with Crippen LogP contribution in [-0.2, 0) is 0 Å². The van der Waals surface area contributed by atoms with Crippen LogP contribution in [0.2, 0.25) is 0 Å². The summed E-state index contributed by atoms with van der Waals surface area (Å²) in [7, 11) is 1.52. The van der Waals surface area contributed by atoms with Crippen molar-refractivity contribution < 1.29 is 19.1 Å². The Labute approximate surface area is 181 Å². The van der Waals surface area contributed by atoms with Crippen molar-refractivity contribution in [3.63, 3.8) is 0 Å². The molecule has 0 aliphatic heterocycles. The van der Waals surface area contributed by atoms with Crippen molar-refractivity contribution in [3.05, 3.63) is 53.7 Å². The molecular formula is C23H26N4O4. The number of ether oxygens (including phenoxy) is 2. The number of pyridine rings is 1. The number of aryl methyl sites for hydroxylation is 1. The molecule has 0 saturated carbocycles. The molecule has 0 bridgehead atoms. The summed E-state index contributed by atoms with van der Waals surface area (Å²) >= 11 is 0. The number of fused-ring (bicyclic) bond motifs is 1. The van der Waals surface area contributed by atoms with E-state index in [2.05, 4.69) is 20.9 Å². The molecule has 3 amide bonds. The lowest BCUT2D eigenvalue weighted by molar-refractivity contribution is 0.0953. The standard InChI is InChI=1S/C23H26N4O4/c1-5-24-22(28)17-12-16-19(13-21(17)30-4)26-10-9-20(16)31-15-7-8-18(14(3)11-15)27-23(29)25-6-2/h7-13H,5-6H2,1-4H3,(H,24,28)(H2,25,27,29). The highest BCUT2D eigenvalue weighted by atomic mass is 16.5. The second kappa shape index (κ2) is 9.80. The average molecular weight is 422 g/mol. The maximum Gasteiger partial charge on any atom is 0.319 e. The number of urea groups is 1. The van der Waals surface area contributed by atoms with Gasteiger partial charge in [0, 0.05) is 36.4 Å². The van der Waals surface area contributed by atoms with Gasteiger partial charge in [0.25, 0.3) is 5.91 Å². The highest BCUT2D eigenvalue weighted by Crippen LogP contribution is 2.34. The van der Waals surface area contributed by atoms with Crippen molar-refractivity contribution in [2.24, 2.45) is 0 Å². The molecule has 0 aliphatic rings. The largest absolute Gasteiger partial charge is 0.496 e. The first-order valence-corrected chi connectivity index (χ1v) is 10.0. The molecule has 3 rings (SSSR count). The number of methoxy groups -OCH3 is 1. The summed E-state index contributed by atoms with van der Waals surface area (Å²) in [6, 6.07) is 10.3. The quantitative estimate of drug-likeness (QED) is 0.529. The lowest BCUT2D eigenvalue weighted by Gasteiger charge is -2.14. The Hall–Kier alpha value is -3.81. The summed E-state index contributed by atoms with van der Waals surface area (Å²) in [4.78, 5) is 28.6. The second-order valence-corrected chi connectivity index (χ2v) is 6.80. The minimum absolute atomic E-state index is 0.229. The number of benzene rings is 2. The summed E-state index contributed by atoms with van der Waals surface area (Å²) in [5.41, 5.74) is 2.61. The van der Waals surface area contributed by atoms with Gasteiger partial charge in [0.2, 0.25) is 0 Å². The first-order chi connectivity index (χ1) is 15.0. The molecule has 0 spiro atoms. The molecule has 162 valence electrons. The number of nitrogens with one attached hydrogen (secondary N) is 3. The van der Waals surface area contributed by atoms with Crippen molar-refractivity contribution in [1.29, 1.82) is 0 Å². The Morgan fingerprint density at radius 3 is 2.45 bits per heavy atom. The number of nitrogens with zero attached hydrogens (tertiary/aromatic N) is 1. The van der Waals surface area contributed by atoms with Crippen LogP contribution in [0.5, 0.6) is 17.2 Å². The van der Waals surface area contributed by atoms with Crippen LogP contribution in [0.25, 0.3) is 10.9 Å². The predicted molar refractivity (Wildman–Crippen MR) is 120 cm³/mol. The number of hydrogen-bond acceptors (Lipinski definition) is 5. The van der Waals surface area contributed by atoms with E-state index in [-0.39, 0.29) is 11.9 Å². The van der Waals surface area contributed by atoms with Gasteiger partial charge >= 0.3 is 6.03 Å². The minimum atomic E-state index is -0.258. The normalized spacial score (nSPS) is 10.5. The maximum absolute atomic E-state index is 12.5. The van der Waals surface area contributed by atoms with Gasteiger partial charge in [0.1, 0.15) is 17.2 Å². The summed E-state index contributed by atoms with van der Waals surface area (Å²) in [6.45, 7) is 6.65. The minimum Gasteiger partial charge on any atom is -0.496 e. The van der Waals surface area contributed by atoms with Crippen LogP contribution in [0.15, 0.2) is 42.6 Å². The van der Waals surface area contributed by atoms with E-state index >= 15 is 0 Å². The number of aromatic nitrogens is 1. The van der Waals surface area contributed by atoms with Gasteiger partial charge in [-0.2, -0.15) is 0 Å². The number of carbonyl (C=O) groups is 2. The molecule has 1 heterocycles. The molecule has 3 N–H and O–H groups in total. The summed E-state index contributed by atoms with van der Waals surface area (Å²) in [5, 5.41) is 8.98. The summed E-state index contributed by atoms with van der Waals surface area (Å²) < 4.78 is 11.5. The third-order valence-electron chi connectivity index (χ3n) is 4.62. The molecule has 1 aromatic heterocycles. The van der Waals surface area contributed by atoms with Crippen LogP contribution in [0.1, 0.15) is 29.8 Å². The Bertz CT molecular complexity index is 1110. The fourth-order valence-electron chi connectivity index (χ4n) is 3.13. The molecule has 8 nitrogen and oxygen atoms in total. The van der Waals surface area contributed by atoms with Gasteiger partial charge in [-0.25, -0.2) is 4.79 Å². The van der Waals surface area contributed by atoms with Crippen LogP contribution < -0.4 is 25.4 Å². The first kappa shape index (κ1) is 21.9. The van der Waals surface area contributed by atoms with E-state index in [1.807, 2.05) is 26.8 Å². The van der Waals surface area contributed by atoms with Crippen LogP contribution in [0, 0.1) is 6.92 Å². The van der Waals surface area contributed by atoms with Gasteiger partial charge < -0.3 is 25.4 Å². The van der Waals surface area contributed by atoms with Crippen LogP contribution in [0.3, 0.4) is 0 Å². The Morgan fingerprint density at radius 2 is 1.77 bits per heavy atom. The number of hydrogen-bond donors (Lipinski definition) is 3. The maximum atomic E-state index is 12.5. The van der Waals surface area contributed by atoms with Gasteiger partial charge in [-0.15, -0.1) is 0 Å². The van der Waals surface area contributed by atoms with Crippen molar-refractivity contribution >= 4 is 28.5 Å². The zero-order valence-corrected chi connectivity index (χ0v) is 18.0. The van der Waals surface area contributed by atoms with E-state index in [0.717, 1.165) is 5.56 Å². The highest BCUT2D eigenvalue weighted by Gasteiger charge is 2.16. The van der Waals surface area contributed by atoms with E-state index in [1.54, 1.807) is 36.5 Å². The van der Waals surface area contributed by atoms with Crippen LogP contribution in [-0.4, -0.2) is 37.1 Å². The first-order valence-electron chi connectivity index (χ1n) is 10.0. The fraction of sp³-hybridized carbons (Fsp3) is 0.261. The Morgan fingerprint density at radius 1 is 1.00 bits per heavy atom. The highest BCUT2D eigenvalue weighted by molar-refractivity contribution is 6.02. The lowest BCUT2D eigenvalue weighted by atomic mass is 10.1. The average Bonchev–Trinajstić information content (AvgIpc) is 2.75. The SMILES string of the molecule is CCNC(=O)Nc1ccc(Oc2ccnc3cc(OC)c(C(=O)NCC)cc23)cc1C. The van der Waals surface area contributed by atoms with Crippen LogP contribution >= 0.6 is 0 Å². The number of anilines is 1. The van der Waals surface area contributed by atoms with Crippen molar-refractivity contribution in [2.45, 2.75) is 20.8 Å². The molecule has 0 aliphatic carbocycles. The lowest BCUT2D eigenvalue weighted by Crippen LogP contribution is -2.28. The van der Waals surface area contributed by atoms with Crippen LogP contribution in [0.4, 0.5) is 10.5 Å². The number of carbonyl (C=O) groups excluding carboxylic acids is 2. The Balaban J connectivity index is 1.94. The molecule has 0 radical (unpaired) electrons. The van der Waals surface area contributed by atoms with Gasteiger partial charge in [-0.3, -0.25) is 9.78 Å². The zero-order chi connectivity index (χ0) is 22.4. The Kier molecular flexibility index (Phi) is 6.92. The van der Waals surface area contributed by atoms with E-state index in [0.29, 0.717) is 52.5 Å². The summed E-state index contributed by atoms with van der Waals surface area (Å²) in [6.07, 6.45) is 1.64. The molecule has 3 aromatic rings. The second-order valence-electron chi connectivity index (χ2n) is 6.80. The third-order valence-corrected chi connectivity index (χ3v) is 4.62. The topological polar surface area (TPSA) is 102 Å². The molecular weight excluding hydrogens is 396 g/mol. The molecule has 0 unspecified atom stereocenters. The predicted octanol–water partition coefficient (Wildman–Crippen LogP) is 4.24. The smallest absolute Gasteiger partial charge is 0.319 e. The zero-order valence-electron chi connectivity index (χ0n) is 18.0. The van der Waals surface area contributed by atoms with Crippen molar-refractivity contribution in [1.82, 2.24) is 15.6 Å². The monoisotopic (exact) mass is 422 g/mol. The van der Waals surface area contributed by atoms with Gasteiger partial charge in [0.05, 0.1) is 18.2 Å². The van der Waals surface area contributed by atoms with E-state index in [1.165, 1.54) is 7.11 Å². The molecule has 0 atom stereocenters. The molecule has 8 heteroatoms. The summed E-state index contributed by atoms with van der Waals surface area (Å²) in [5.74, 6) is 1.37. The fourth-order valence-corrected chi connectivity index (χ4v) is 3.13. The number of amides is 3. The molecule has 0 saturated heterocycles.